The topological polar surface area (TPSA) is 72.5 Å². The van der Waals surface area contributed by atoms with Gasteiger partial charge in [-0.25, -0.2) is 0 Å². The van der Waals surface area contributed by atoms with Crippen molar-refractivity contribution in [1.29, 1.82) is 0 Å². The Morgan fingerprint density at radius 3 is 2.64 bits per heavy atom. The summed E-state index contributed by atoms with van der Waals surface area (Å²) in [4.78, 5) is 11.2. The van der Waals surface area contributed by atoms with E-state index in [-0.39, 0.29) is 0 Å². The van der Waals surface area contributed by atoms with Crippen LogP contribution in [-0.2, 0) is 9.53 Å². The summed E-state index contributed by atoms with van der Waals surface area (Å²) in [6.07, 6.45) is 3.88. The van der Waals surface area contributed by atoms with Gasteiger partial charge in [0.2, 0.25) is 0 Å². The van der Waals surface area contributed by atoms with Gasteiger partial charge in [-0.2, -0.15) is 0 Å². The van der Waals surface area contributed by atoms with Crippen LogP contribution in [0.25, 0.3) is 0 Å². The molecule has 4 nitrogen and oxygen atoms in total. The van der Waals surface area contributed by atoms with Gasteiger partial charge in [0.25, 0.3) is 0 Å². The van der Waals surface area contributed by atoms with E-state index in [1.807, 2.05) is 0 Å². The second-order valence-corrected chi connectivity index (χ2v) is 4.05. The summed E-state index contributed by atoms with van der Waals surface area (Å²) < 4.78 is 5.03. The molecule has 1 aliphatic carbocycles. The second-order valence-electron chi connectivity index (χ2n) is 4.05. The van der Waals surface area contributed by atoms with Crippen LogP contribution in [-0.4, -0.2) is 29.8 Å². The zero-order valence-corrected chi connectivity index (χ0v) is 8.61. The molecule has 0 saturated heterocycles. The lowest BCUT2D eigenvalue weighted by molar-refractivity contribution is -0.149. The number of carbonyl (C=O) groups excluding carboxylic acids is 1. The number of ether oxygens (including phenoxy) is 1. The van der Waals surface area contributed by atoms with Crippen molar-refractivity contribution in [3.8, 4) is 0 Å². The van der Waals surface area contributed by atoms with E-state index in [4.69, 9.17) is 15.6 Å². The van der Waals surface area contributed by atoms with Crippen LogP contribution in [0.2, 0.25) is 0 Å². The Balaban J connectivity index is 2.19. The van der Waals surface area contributed by atoms with Crippen molar-refractivity contribution in [3.05, 3.63) is 0 Å². The van der Waals surface area contributed by atoms with Crippen molar-refractivity contribution >= 4 is 5.97 Å². The Morgan fingerprint density at radius 2 is 2.14 bits per heavy atom. The summed E-state index contributed by atoms with van der Waals surface area (Å²) in [6.45, 7) is 1.95. The lowest BCUT2D eigenvalue weighted by atomic mass is 10.1. The third kappa shape index (κ3) is 3.27. The summed E-state index contributed by atoms with van der Waals surface area (Å²) in [6, 6.07) is -0.906. The number of esters is 1. The number of hydrogen-bond acceptors (Lipinski definition) is 4. The minimum Gasteiger partial charge on any atom is -0.464 e. The molecule has 0 aromatic rings. The van der Waals surface area contributed by atoms with Crippen molar-refractivity contribution in [2.24, 2.45) is 11.7 Å². The minimum atomic E-state index is -0.906. The number of aliphatic hydroxyl groups is 1. The highest BCUT2D eigenvalue weighted by molar-refractivity contribution is 5.76. The first-order valence-corrected chi connectivity index (χ1v) is 5.21. The van der Waals surface area contributed by atoms with Crippen molar-refractivity contribution in [2.45, 2.75) is 44.8 Å². The Kier molecular flexibility index (Phi) is 4.35. The van der Waals surface area contributed by atoms with Gasteiger partial charge in [0.15, 0.2) is 0 Å². The second kappa shape index (κ2) is 5.32. The molecule has 0 amide bonds. The highest BCUT2D eigenvalue weighted by Crippen LogP contribution is 2.24. The molecule has 4 heteroatoms. The zero-order valence-electron chi connectivity index (χ0n) is 8.61. The third-order valence-corrected chi connectivity index (χ3v) is 2.73. The summed E-state index contributed by atoms with van der Waals surface area (Å²) in [7, 11) is 0. The Morgan fingerprint density at radius 1 is 1.57 bits per heavy atom. The van der Waals surface area contributed by atoms with Crippen LogP contribution >= 0.6 is 0 Å². The van der Waals surface area contributed by atoms with Gasteiger partial charge in [-0.15, -0.1) is 0 Å². The van der Waals surface area contributed by atoms with E-state index < -0.39 is 18.1 Å². The maximum atomic E-state index is 11.2. The molecule has 0 spiro atoms. The maximum Gasteiger partial charge on any atom is 0.325 e. The van der Waals surface area contributed by atoms with Gasteiger partial charge in [0.05, 0.1) is 12.7 Å². The average molecular weight is 201 g/mol. The molecule has 0 aliphatic heterocycles. The SMILES string of the molecule is C[C@@H](O)[C@H](N)C(=O)OCC1CCCC1. The van der Waals surface area contributed by atoms with Crippen LogP contribution in [0.1, 0.15) is 32.6 Å². The van der Waals surface area contributed by atoms with Crippen molar-refractivity contribution in [3.63, 3.8) is 0 Å². The molecule has 0 aromatic carbocycles. The maximum absolute atomic E-state index is 11.2. The van der Waals surface area contributed by atoms with Crippen LogP contribution in [0, 0.1) is 5.92 Å². The van der Waals surface area contributed by atoms with E-state index in [9.17, 15) is 4.79 Å². The first kappa shape index (κ1) is 11.5. The molecule has 3 N–H and O–H groups in total. The highest BCUT2D eigenvalue weighted by atomic mass is 16.5. The molecule has 1 saturated carbocycles. The molecule has 14 heavy (non-hydrogen) atoms. The van der Waals surface area contributed by atoms with Gasteiger partial charge in [-0.05, 0) is 25.7 Å². The fraction of sp³-hybridized carbons (Fsp3) is 0.900. The van der Waals surface area contributed by atoms with Crippen LogP contribution in [0.3, 0.4) is 0 Å². The molecule has 1 aliphatic rings. The van der Waals surface area contributed by atoms with Gasteiger partial charge in [-0.1, -0.05) is 12.8 Å². The minimum absolute atomic E-state index is 0.458. The highest BCUT2D eigenvalue weighted by Gasteiger charge is 2.22. The molecule has 0 heterocycles. The number of hydrogen-bond donors (Lipinski definition) is 2. The smallest absolute Gasteiger partial charge is 0.325 e. The fourth-order valence-electron chi connectivity index (χ4n) is 1.67. The predicted octanol–water partition coefficient (Wildman–Crippen LogP) is 0.428. The quantitative estimate of drug-likeness (QED) is 0.647. The van der Waals surface area contributed by atoms with Gasteiger partial charge in [0, 0.05) is 0 Å². The number of aliphatic hydroxyl groups excluding tert-OH is 1. The third-order valence-electron chi connectivity index (χ3n) is 2.73. The Labute approximate surface area is 84.4 Å². The van der Waals surface area contributed by atoms with Gasteiger partial charge < -0.3 is 15.6 Å². The molecular weight excluding hydrogens is 182 g/mol. The molecule has 0 bridgehead atoms. The molecule has 82 valence electrons. The predicted molar refractivity (Wildman–Crippen MR) is 52.6 cm³/mol. The molecule has 1 fully saturated rings. The van der Waals surface area contributed by atoms with Crippen molar-refractivity contribution in [1.82, 2.24) is 0 Å². The van der Waals surface area contributed by atoms with Gasteiger partial charge in [-0.3, -0.25) is 4.79 Å². The van der Waals surface area contributed by atoms with Crippen LogP contribution in [0.5, 0.6) is 0 Å². The largest absolute Gasteiger partial charge is 0.464 e. The molecule has 1 rings (SSSR count). The van der Waals surface area contributed by atoms with E-state index in [1.54, 1.807) is 0 Å². The normalized spacial score (nSPS) is 21.9. The standard InChI is InChI=1S/C10H19NO3/c1-7(12)9(11)10(13)14-6-8-4-2-3-5-8/h7-9,12H,2-6,11H2,1H3/t7-,9+/m1/s1. The summed E-state index contributed by atoms with van der Waals surface area (Å²) in [5.41, 5.74) is 5.42. The fourth-order valence-corrected chi connectivity index (χ4v) is 1.67. The first-order valence-electron chi connectivity index (χ1n) is 5.21. The van der Waals surface area contributed by atoms with E-state index in [0.717, 1.165) is 12.8 Å². The molecular formula is C10H19NO3. The van der Waals surface area contributed by atoms with Crippen LogP contribution < -0.4 is 5.73 Å². The number of carbonyl (C=O) groups is 1. The van der Waals surface area contributed by atoms with Gasteiger partial charge in [0.1, 0.15) is 6.04 Å². The lowest BCUT2D eigenvalue weighted by Gasteiger charge is -2.15. The summed E-state index contributed by atoms with van der Waals surface area (Å²) in [5, 5.41) is 9.06. The van der Waals surface area contributed by atoms with Crippen molar-refractivity contribution in [2.75, 3.05) is 6.61 Å². The van der Waals surface area contributed by atoms with Crippen LogP contribution in [0.4, 0.5) is 0 Å². The average Bonchev–Trinajstić information content (AvgIpc) is 2.65. The lowest BCUT2D eigenvalue weighted by Crippen LogP contribution is -2.41. The molecule has 0 unspecified atom stereocenters. The van der Waals surface area contributed by atoms with E-state index in [1.165, 1.54) is 19.8 Å². The molecule has 2 atom stereocenters. The van der Waals surface area contributed by atoms with Crippen molar-refractivity contribution < 1.29 is 14.6 Å². The summed E-state index contributed by atoms with van der Waals surface area (Å²) in [5.74, 6) is 0.00653. The van der Waals surface area contributed by atoms with Crippen LogP contribution in [0.15, 0.2) is 0 Å². The Hall–Kier alpha value is -0.610. The first-order chi connectivity index (χ1) is 6.61. The van der Waals surface area contributed by atoms with E-state index >= 15 is 0 Å². The van der Waals surface area contributed by atoms with Gasteiger partial charge >= 0.3 is 5.97 Å². The Bertz CT molecular complexity index is 188. The van der Waals surface area contributed by atoms with E-state index in [0.29, 0.717) is 12.5 Å². The monoisotopic (exact) mass is 201 g/mol. The number of nitrogens with two attached hydrogens (primary N) is 1. The van der Waals surface area contributed by atoms with E-state index in [2.05, 4.69) is 0 Å². The number of rotatable bonds is 4. The molecule has 0 aromatic heterocycles. The summed E-state index contributed by atoms with van der Waals surface area (Å²) >= 11 is 0. The molecule has 0 radical (unpaired) electrons. The zero-order chi connectivity index (χ0) is 10.6.